The van der Waals surface area contributed by atoms with Crippen molar-refractivity contribution in [2.75, 3.05) is 19.8 Å². The van der Waals surface area contributed by atoms with Gasteiger partial charge in [-0.2, -0.15) is 0 Å². The van der Waals surface area contributed by atoms with Crippen molar-refractivity contribution in [3.05, 3.63) is 0 Å². The molecule has 2 aliphatic heterocycles. The van der Waals surface area contributed by atoms with Gasteiger partial charge in [0.15, 0.2) is 0 Å². The van der Waals surface area contributed by atoms with Crippen molar-refractivity contribution in [3.63, 3.8) is 0 Å². The second-order valence-corrected chi connectivity index (χ2v) is 6.58. The largest absolute Gasteiger partial charge is 0.381 e. The van der Waals surface area contributed by atoms with E-state index >= 15 is 0 Å². The Kier molecular flexibility index (Phi) is 8.29. The highest BCUT2D eigenvalue weighted by Crippen LogP contribution is 2.19. The van der Waals surface area contributed by atoms with Gasteiger partial charge >= 0.3 is 0 Å². The van der Waals surface area contributed by atoms with Crippen LogP contribution in [0, 0.1) is 5.92 Å². The van der Waals surface area contributed by atoms with Crippen LogP contribution in [-0.4, -0.2) is 54.6 Å². The molecule has 2 amide bonds. The maximum Gasteiger partial charge on any atom is 0.245 e. The van der Waals surface area contributed by atoms with Crippen molar-refractivity contribution in [3.8, 4) is 0 Å². The number of nitrogens with two attached hydrogens (primary N) is 1. The Morgan fingerprint density at radius 2 is 1.87 bits per heavy atom. The van der Waals surface area contributed by atoms with Crippen molar-refractivity contribution in [1.29, 1.82) is 0 Å². The van der Waals surface area contributed by atoms with Crippen molar-refractivity contribution in [2.45, 2.75) is 64.1 Å². The highest BCUT2D eigenvalue weighted by Gasteiger charge is 2.31. The summed E-state index contributed by atoms with van der Waals surface area (Å²) in [7, 11) is 0. The average molecular weight is 348 g/mol. The molecule has 3 unspecified atom stereocenters. The Bertz CT molecular complexity index is 402. The van der Waals surface area contributed by atoms with Crippen molar-refractivity contribution < 1.29 is 14.3 Å². The van der Waals surface area contributed by atoms with E-state index in [1.54, 1.807) is 6.92 Å². The van der Waals surface area contributed by atoms with Gasteiger partial charge in [-0.05, 0) is 51.9 Å². The molecular formula is C16H30ClN3O3. The minimum Gasteiger partial charge on any atom is -0.381 e. The van der Waals surface area contributed by atoms with E-state index in [2.05, 4.69) is 12.2 Å². The smallest absolute Gasteiger partial charge is 0.245 e. The van der Waals surface area contributed by atoms with E-state index < -0.39 is 12.1 Å². The van der Waals surface area contributed by atoms with Gasteiger partial charge < -0.3 is 20.7 Å². The summed E-state index contributed by atoms with van der Waals surface area (Å²) in [4.78, 5) is 26.7. The second kappa shape index (κ2) is 9.45. The van der Waals surface area contributed by atoms with E-state index in [9.17, 15) is 9.59 Å². The first-order valence-electron chi connectivity index (χ1n) is 8.45. The molecular weight excluding hydrogens is 318 g/mol. The van der Waals surface area contributed by atoms with E-state index in [0.29, 0.717) is 13.2 Å². The predicted molar refractivity (Wildman–Crippen MR) is 91.4 cm³/mol. The van der Waals surface area contributed by atoms with Crippen molar-refractivity contribution >= 4 is 24.2 Å². The molecule has 0 spiro atoms. The standard InChI is InChI=1S/C16H29N3O3.ClH/c1-11-5-3-4-8-19(11)16(21)12(2)18-15(20)14(17)13-6-9-22-10-7-13;/h11-14H,3-10,17H2,1-2H3,(H,18,20);1H. The SMILES string of the molecule is CC(NC(=O)C(N)C1CCOCC1)C(=O)N1CCCCC1C.Cl. The third-order valence-electron chi connectivity index (χ3n) is 4.89. The molecule has 6 nitrogen and oxygen atoms in total. The summed E-state index contributed by atoms with van der Waals surface area (Å²) in [6, 6.07) is -0.818. The number of carbonyl (C=O) groups is 2. The molecule has 2 fully saturated rings. The third kappa shape index (κ3) is 5.33. The van der Waals surface area contributed by atoms with Crippen LogP contribution in [0.25, 0.3) is 0 Å². The Balaban J connectivity index is 0.00000264. The van der Waals surface area contributed by atoms with Crippen LogP contribution in [0.3, 0.4) is 0 Å². The maximum atomic E-state index is 12.5. The van der Waals surface area contributed by atoms with E-state index in [0.717, 1.165) is 32.2 Å². The van der Waals surface area contributed by atoms with Gasteiger partial charge in [-0.25, -0.2) is 0 Å². The molecule has 0 radical (unpaired) electrons. The number of halogens is 1. The van der Waals surface area contributed by atoms with Gasteiger partial charge in [0.1, 0.15) is 6.04 Å². The molecule has 134 valence electrons. The number of likely N-dealkylation sites (tertiary alicyclic amines) is 1. The lowest BCUT2D eigenvalue weighted by Gasteiger charge is -2.35. The van der Waals surface area contributed by atoms with Gasteiger partial charge in [-0.1, -0.05) is 0 Å². The molecule has 2 rings (SSSR count). The molecule has 3 atom stereocenters. The number of amides is 2. The fraction of sp³-hybridized carbons (Fsp3) is 0.875. The molecule has 0 aromatic rings. The first-order valence-corrected chi connectivity index (χ1v) is 8.45. The number of piperidine rings is 1. The van der Waals surface area contributed by atoms with E-state index in [1.165, 1.54) is 6.42 Å². The van der Waals surface area contributed by atoms with Crippen LogP contribution < -0.4 is 11.1 Å². The minimum atomic E-state index is -0.557. The number of ether oxygens (including phenoxy) is 1. The second-order valence-electron chi connectivity index (χ2n) is 6.58. The normalized spacial score (nSPS) is 25.2. The molecule has 0 bridgehead atoms. The Morgan fingerprint density at radius 3 is 2.48 bits per heavy atom. The number of nitrogens with one attached hydrogen (secondary N) is 1. The molecule has 0 aliphatic carbocycles. The van der Waals surface area contributed by atoms with Gasteiger partial charge in [-0.15, -0.1) is 12.4 Å². The van der Waals surface area contributed by atoms with E-state index in [4.69, 9.17) is 10.5 Å². The summed E-state index contributed by atoms with van der Waals surface area (Å²) in [5.41, 5.74) is 6.05. The summed E-state index contributed by atoms with van der Waals surface area (Å²) >= 11 is 0. The summed E-state index contributed by atoms with van der Waals surface area (Å²) in [6.07, 6.45) is 4.85. The van der Waals surface area contributed by atoms with Crippen LogP contribution in [0.2, 0.25) is 0 Å². The highest BCUT2D eigenvalue weighted by atomic mass is 35.5. The Hall–Kier alpha value is -0.850. The lowest BCUT2D eigenvalue weighted by molar-refractivity contribution is -0.139. The molecule has 0 aromatic heterocycles. The third-order valence-corrected chi connectivity index (χ3v) is 4.89. The number of hydrogen-bond acceptors (Lipinski definition) is 4. The zero-order valence-electron chi connectivity index (χ0n) is 14.1. The van der Waals surface area contributed by atoms with Crippen LogP contribution in [0.15, 0.2) is 0 Å². The number of hydrogen-bond donors (Lipinski definition) is 2. The zero-order chi connectivity index (χ0) is 16.1. The quantitative estimate of drug-likeness (QED) is 0.796. The highest BCUT2D eigenvalue weighted by molar-refractivity contribution is 5.89. The monoisotopic (exact) mass is 347 g/mol. The van der Waals surface area contributed by atoms with Crippen LogP contribution in [0.5, 0.6) is 0 Å². The molecule has 23 heavy (non-hydrogen) atoms. The van der Waals surface area contributed by atoms with Gasteiger partial charge in [0.05, 0.1) is 6.04 Å². The van der Waals surface area contributed by atoms with Gasteiger partial charge in [0.2, 0.25) is 11.8 Å². The molecule has 7 heteroatoms. The summed E-state index contributed by atoms with van der Waals surface area (Å²) in [6.45, 7) is 5.92. The van der Waals surface area contributed by atoms with Gasteiger partial charge in [-0.3, -0.25) is 9.59 Å². The molecule has 2 aliphatic rings. The van der Waals surface area contributed by atoms with E-state index in [-0.39, 0.29) is 36.2 Å². The zero-order valence-corrected chi connectivity index (χ0v) is 14.9. The molecule has 0 aromatic carbocycles. The lowest BCUT2D eigenvalue weighted by atomic mass is 9.91. The summed E-state index contributed by atoms with van der Waals surface area (Å²) in [5, 5.41) is 2.80. The van der Waals surface area contributed by atoms with Crippen LogP contribution in [0.1, 0.15) is 46.0 Å². The molecule has 2 saturated heterocycles. The van der Waals surface area contributed by atoms with Crippen LogP contribution >= 0.6 is 12.4 Å². The van der Waals surface area contributed by atoms with Crippen LogP contribution in [0.4, 0.5) is 0 Å². The fourth-order valence-corrected chi connectivity index (χ4v) is 3.33. The van der Waals surface area contributed by atoms with Gasteiger partial charge in [0, 0.05) is 25.8 Å². The van der Waals surface area contributed by atoms with Crippen LogP contribution in [-0.2, 0) is 14.3 Å². The molecule has 0 saturated carbocycles. The number of carbonyl (C=O) groups excluding carboxylic acids is 2. The Labute approximate surface area is 144 Å². The summed E-state index contributed by atoms with van der Waals surface area (Å²) < 4.78 is 5.29. The fourth-order valence-electron chi connectivity index (χ4n) is 3.33. The first-order chi connectivity index (χ1) is 10.5. The minimum absolute atomic E-state index is 0. The number of nitrogens with zero attached hydrogens (tertiary/aromatic N) is 1. The maximum absolute atomic E-state index is 12.5. The average Bonchev–Trinajstić information content (AvgIpc) is 2.54. The first kappa shape index (κ1) is 20.2. The van der Waals surface area contributed by atoms with Gasteiger partial charge in [0.25, 0.3) is 0 Å². The topological polar surface area (TPSA) is 84.7 Å². The molecule has 3 N–H and O–H groups in total. The van der Waals surface area contributed by atoms with E-state index in [1.807, 2.05) is 4.90 Å². The number of rotatable bonds is 4. The van der Waals surface area contributed by atoms with Crippen molar-refractivity contribution in [1.82, 2.24) is 10.2 Å². The molecule has 2 heterocycles. The summed E-state index contributed by atoms with van der Waals surface area (Å²) in [5.74, 6) is -0.0814. The lowest BCUT2D eigenvalue weighted by Crippen LogP contribution is -2.55. The predicted octanol–water partition coefficient (Wildman–Crippen LogP) is 1.07. The Morgan fingerprint density at radius 1 is 1.22 bits per heavy atom. The van der Waals surface area contributed by atoms with Crippen molar-refractivity contribution in [2.24, 2.45) is 11.7 Å².